The molecule has 0 fully saturated rings. The Morgan fingerprint density at radius 2 is 1.91 bits per heavy atom. The molecular weight excluding hydrogens is 472 g/mol. The van der Waals surface area contributed by atoms with Gasteiger partial charge in [0.2, 0.25) is 9.47 Å². The fourth-order valence-corrected chi connectivity index (χ4v) is 5.69. The number of ether oxygens (including phenoxy) is 1. The molecule has 0 saturated heterocycles. The number of rotatable bonds is 5. The van der Waals surface area contributed by atoms with E-state index >= 15 is 0 Å². The third-order valence-corrected chi connectivity index (χ3v) is 7.82. The van der Waals surface area contributed by atoms with Crippen LogP contribution in [0, 0.1) is 6.92 Å². The number of fused-ring (bicyclic) bond motifs is 1. The first-order valence-electron chi connectivity index (χ1n) is 9.75. The van der Waals surface area contributed by atoms with Crippen LogP contribution in [0.4, 0.5) is 5.13 Å². The number of carbonyl (C=O) groups excluding carboxylic acids is 1. The van der Waals surface area contributed by atoms with Gasteiger partial charge in [-0.2, -0.15) is 0 Å². The molecule has 0 bridgehead atoms. The zero-order valence-corrected chi connectivity index (χ0v) is 19.9. The van der Waals surface area contributed by atoms with E-state index in [0.717, 1.165) is 22.5 Å². The van der Waals surface area contributed by atoms with E-state index < -0.39 is 27.6 Å². The molecule has 4 rings (SSSR count). The van der Waals surface area contributed by atoms with Gasteiger partial charge in [0.05, 0.1) is 6.04 Å². The molecule has 2 heterocycles. The van der Waals surface area contributed by atoms with Crippen molar-refractivity contribution in [2.75, 3.05) is 5.32 Å². The highest BCUT2D eigenvalue weighted by molar-refractivity contribution is 7.91. The lowest BCUT2D eigenvalue weighted by atomic mass is 9.90. The Hall–Kier alpha value is -2.53. The van der Waals surface area contributed by atoms with Crippen molar-refractivity contribution in [3.05, 3.63) is 64.2 Å². The molecule has 32 heavy (non-hydrogen) atoms. The summed E-state index contributed by atoms with van der Waals surface area (Å²) >= 11 is 6.61. The predicted octanol–water partition coefficient (Wildman–Crippen LogP) is 4.33. The minimum absolute atomic E-state index is 0.0775. The second-order valence-electron chi connectivity index (χ2n) is 8.12. The first-order chi connectivity index (χ1) is 15.0. The fraction of sp³-hybridized carbons (Fsp3) is 0.286. The van der Waals surface area contributed by atoms with Crippen LogP contribution in [-0.4, -0.2) is 30.1 Å². The maximum absolute atomic E-state index is 13.0. The lowest BCUT2D eigenvalue weighted by Gasteiger charge is -2.37. The molecule has 0 radical (unpaired) electrons. The highest BCUT2D eigenvalue weighted by Crippen LogP contribution is 2.40. The van der Waals surface area contributed by atoms with Crippen molar-refractivity contribution >= 4 is 44.0 Å². The number of aryl methyl sites for hydroxylation is 1. The van der Waals surface area contributed by atoms with E-state index in [1.54, 1.807) is 24.3 Å². The van der Waals surface area contributed by atoms with Crippen LogP contribution in [0.5, 0.6) is 5.75 Å². The highest BCUT2D eigenvalue weighted by atomic mass is 35.5. The lowest BCUT2D eigenvalue weighted by molar-refractivity contribution is 0.0701. The molecule has 2 N–H and O–H groups in total. The van der Waals surface area contributed by atoms with Crippen molar-refractivity contribution in [2.24, 2.45) is 0 Å². The molecular formula is C21H21ClN4O4S2. The van der Waals surface area contributed by atoms with Gasteiger partial charge in [0, 0.05) is 22.6 Å². The Bertz CT molecular complexity index is 1270. The number of nitrogens with zero attached hydrogens (tertiary/aromatic N) is 2. The summed E-state index contributed by atoms with van der Waals surface area (Å²) < 4.78 is 34.6. The quantitative estimate of drug-likeness (QED) is 0.513. The van der Waals surface area contributed by atoms with Gasteiger partial charge in [-0.3, -0.25) is 10.1 Å². The van der Waals surface area contributed by atoms with Gasteiger partial charge in [-0.1, -0.05) is 35.1 Å². The molecule has 3 aromatic rings. The topological polar surface area (TPSA) is 110 Å². The van der Waals surface area contributed by atoms with Gasteiger partial charge in [-0.05, 0) is 56.7 Å². The van der Waals surface area contributed by atoms with E-state index in [0.29, 0.717) is 22.8 Å². The average molecular weight is 493 g/mol. The van der Waals surface area contributed by atoms with Gasteiger partial charge in [0.1, 0.15) is 11.4 Å². The molecule has 168 valence electrons. The summed E-state index contributed by atoms with van der Waals surface area (Å²) in [6.45, 7) is 5.77. The second kappa shape index (κ2) is 8.43. The van der Waals surface area contributed by atoms with Gasteiger partial charge in [-0.25, -0.2) is 13.1 Å². The van der Waals surface area contributed by atoms with Crippen LogP contribution in [0.15, 0.2) is 46.8 Å². The Labute approximate surface area is 195 Å². The molecule has 11 heteroatoms. The first kappa shape index (κ1) is 22.7. The van der Waals surface area contributed by atoms with Crippen molar-refractivity contribution in [2.45, 2.75) is 43.2 Å². The van der Waals surface area contributed by atoms with Gasteiger partial charge in [0.15, 0.2) is 0 Å². The second-order valence-corrected chi connectivity index (χ2v) is 11.4. The molecule has 8 nitrogen and oxygen atoms in total. The van der Waals surface area contributed by atoms with Crippen molar-refractivity contribution < 1.29 is 17.9 Å². The van der Waals surface area contributed by atoms with E-state index in [-0.39, 0.29) is 9.47 Å². The largest absolute Gasteiger partial charge is 0.487 e. The Kier molecular flexibility index (Phi) is 5.97. The zero-order chi connectivity index (χ0) is 23.1. The number of sulfonamides is 1. The summed E-state index contributed by atoms with van der Waals surface area (Å²) in [6, 6.07) is 11.5. The van der Waals surface area contributed by atoms with Gasteiger partial charge in [0.25, 0.3) is 15.9 Å². The number of anilines is 1. The van der Waals surface area contributed by atoms with E-state index in [9.17, 15) is 13.2 Å². The Morgan fingerprint density at radius 1 is 1.19 bits per heavy atom. The zero-order valence-electron chi connectivity index (χ0n) is 17.5. The van der Waals surface area contributed by atoms with Crippen LogP contribution in [0.3, 0.4) is 0 Å². The summed E-state index contributed by atoms with van der Waals surface area (Å²) in [5.74, 6) is 0.215. The Morgan fingerprint density at radius 3 is 2.62 bits per heavy atom. The molecule has 1 aromatic heterocycles. The molecule has 0 saturated carbocycles. The molecule has 1 amide bonds. The standard InChI is InChI=1S/C21H21ClN4O4S2/c1-12-4-9-15-16(11-21(2,3)30-17(15)10-12)26-32(28,29)20-25-24-19(31-20)23-18(27)13-5-7-14(22)8-6-13/h4-10,16,26H,11H2,1-3H3,(H,23,24,27)/t16-/m0/s1. The molecule has 1 aliphatic rings. The van der Waals surface area contributed by atoms with Crippen LogP contribution in [-0.2, 0) is 10.0 Å². The van der Waals surface area contributed by atoms with Crippen molar-refractivity contribution in [3.8, 4) is 5.75 Å². The number of aromatic nitrogens is 2. The van der Waals surface area contributed by atoms with E-state index in [4.69, 9.17) is 16.3 Å². The van der Waals surface area contributed by atoms with Crippen molar-refractivity contribution in [3.63, 3.8) is 0 Å². The number of halogens is 1. The molecule has 2 aromatic carbocycles. The first-order valence-corrected chi connectivity index (χ1v) is 12.4. The average Bonchev–Trinajstić information content (AvgIpc) is 3.16. The fourth-order valence-electron chi connectivity index (χ4n) is 3.44. The van der Waals surface area contributed by atoms with Crippen molar-refractivity contribution in [1.82, 2.24) is 14.9 Å². The number of benzene rings is 2. The number of nitrogens with one attached hydrogen (secondary N) is 2. The number of amides is 1. The van der Waals surface area contributed by atoms with Crippen LogP contribution < -0.4 is 14.8 Å². The van der Waals surface area contributed by atoms with Crippen molar-refractivity contribution in [1.29, 1.82) is 0 Å². The summed E-state index contributed by atoms with van der Waals surface area (Å²) in [5, 5.41) is 10.7. The van der Waals surface area contributed by atoms with E-state index in [1.165, 1.54) is 0 Å². The maximum Gasteiger partial charge on any atom is 0.270 e. The highest BCUT2D eigenvalue weighted by Gasteiger charge is 2.37. The van der Waals surface area contributed by atoms with E-state index in [2.05, 4.69) is 20.2 Å². The molecule has 0 aliphatic carbocycles. The number of carbonyl (C=O) groups is 1. The lowest BCUT2D eigenvalue weighted by Crippen LogP contribution is -2.41. The predicted molar refractivity (Wildman–Crippen MR) is 123 cm³/mol. The summed E-state index contributed by atoms with van der Waals surface area (Å²) in [4.78, 5) is 12.3. The molecule has 1 atom stereocenters. The molecule has 0 unspecified atom stereocenters. The molecule has 0 spiro atoms. The van der Waals surface area contributed by atoms with Gasteiger partial charge >= 0.3 is 0 Å². The minimum atomic E-state index is -3.98. The smallest absolute Gasteiger partial charge is 0.270 e. The number of hydrogen-bond donors (Lipinski definition) is 2. The van der Waals surface area contributed by atoms with Crippen LogP contribution in [0.25, 0.3) is 0 Å². The summed E-state index contributed by atoms with van der Waals surface area (Å²) in [7, 11) is -3.98. The minimum Gasteiger partial charge on any atom is -0.487 e. The third-order valence-electron chi connectivity index (χ3n) is 4.89. The Balaban J connectivity index is 1.53. The van der Waals surface area contributed by atoms with Crippen LogP contribution in [0.2, 0.25) is 5.02 Å². The summed E-state index contributed by atoms with van der Waals surface area (Å²) in [5.41, 5.74) is 1.60. The van der Waals surface area contributed by atoms with E-state index in [1.807, 2.05) is 39.0 Å². The SMILES string of the molecule is Cc1ccc2c(c1)OC(C)(C)C[C@@H]2NS(=O)(=O)c1nnc(NC(=O)c2ccc(Cl)cc2)s1. The summed E-state index contributed by atoms with van der Waals surface area (Å²) in [6.07, 6.45) is 0.446. The van der Waals surface area contributed by atoms with Gasteiger partial charge in [-0.15, -0.1) is 10.2 Å². The molecule has 1 aliphatic heterocycles. The third kappa shape index (κ3) is 4.93. The van der Waals surface area contributed by atoms with Gasteiger partial charge < -0.3 is 4.74 Å². The monoisotopic (exact) mass is 492 g/mol. The maximum atomic E-state index is 13.0. The van der Waals surface area contributed by atoms with Crippen LogP contribution in [0.1, 0.15) is 47.8 Å². The number of hydrogen-bond acceptors (Lipinski definition) is 7. The van der Waals surface area contributed by atoms with Crippen LogP contribution >= 0.6 is 22.9 Å². The normalized spacial score (nSPS) is 17.3.